The van der Waals surface area contributed by atoms with Crippen LogP contribution in [0.15, 0.2) is 54.6 Å². The Balaban J connectivity index is 1.50. The molecular weight excluding hydrogens is 336 g/mol. The van der Waals surface area contributed by atoms with Gasteiger partial charge in [0.05, 0.1) is 7.11 Å². The van der Waals surface area contributed by atoms with E-state index in [1.165, 1.54) is 34.8 Å². The minimum absolute atomic E-state index is 0.103. The molecule has 27 heavy (non-hydrogen) atoms. The van der Waals surface area contributed by atoms with E-state index in [4.69, 9.17) is 4.74 Å². The molecule has 1 aliphatic carbocycles. The predicted molar refractivity (Wildman–Crippen MR) is 105 cm³/mol. The van der Waals surface area contributed by atoms with Crippen LogP contribution in [-0.2, 0) is 28.9 Å². The maximum Gasteiger partial charge on any atom is 0.323 e. The lowest BCUT2D eigenvalue weighted by Gasteiger charge is -2.33. The minimum Gasteiger partial charge on any atom is -0.468 e. The Kier molecular flexibility index (Phi) is 4.01. The fraction of sp³-hybridized carbons (Fsp3) is 0.348. The molecule has 0 bridgehead atoms. The summed E-state index contributed by atoms with van der Waals surface area (Å²) in [6, 6.07) is 19.2. The van der Waals surface area contributed by atoms with Crippen molar-refractivity contribution in [3.8, 4) is 0 Å². The standard InChI is InChI=1S/C23H24N2O2/c1-27-23(26)22-12-16-11-18-17-9-5-6-10-19(17)24-20(18)13-21(16)25(22)14-15-7-3-2-4-8-15/h2-10,16,21-22,24H,11-14H2,1H3/t16-,21-,22-/m0/s1. The van der Waals surface area contributed by atoms with Gasteiger partial charge in [0.25, 0.3) is 0 Å². The third kappa shape index (κ3) is 2.76. The fourth-order valence-electron chi connectivity index (χ4n) is 5.11. The number of nitrogens with zero attached hydrogens (tertiary/aromatic N) is 1. The van der Waals surface area contributed by atoms with Crippen molar-refractivity contribution in [1.82, 2.24) is 9.88 Å². The van der Waals surface area contributed by atoms with E-state index in [0.29, 0.717) is 12.0 Å². The number of benzene rings is 2. The van der Waals surface area contributed by atoms with Gasteiger partial charge in [0, 0.05) is 35.6 Å². The molecule has 1 N–H and O–H groups in total. The van der Waals surface area contributed by atoms with Gasteiger partial charge >= 0.3 is 5.97 Å². The summed E-state index contributed by atoms with van der Waals surface area (Å²) in [5.74, 6) is 0.387. The molecule has 0 radical (unpaired) electrons. The summed E-state index contributed by atoms with van der Waals surface area (Å²) >= 11 is 0. The van der Waals surface area contributed by atoms with E-state index in [-0.39, 0.29) is 12.0 Å². The van der Waals surface area contributed by atoms with Crippen molar-refractivity contribution < 1.29 is 9.53 Å². The number of esters is 1. The molecule has 4 heteroatoms. The molecule has 0 amide bonds. The molecule has 138 valence electrons. The first-order valence-corrected chi connectivity index (χ1v) is 9.70. The van der Waals surface area contributed by atoms with Gasteiger partial charge in [-0.3, -0.25) is 9.69 Å². The summed E-state index contributed by atoms with van der Waals surface area (Å²) in [5.41, 5.74) is 5.24. The molecule has 1 aliphatic heterocycles. The normalized spacial score (nSPS) is 24.6. The van der Waals surface area contributed by atoms with E-state index in [1.54, 1.807) is 0 Å². The molecule has 3 aromatic rings. The molecule has 0 unspecified atom stereocenters. The molecule has 0 saturated carbocycles. The Hall–Kier alpha value is -2.59. The number of carbonyl (C=O) groups excluding carboxylic acids is 1. The second kappa shape index (κ2) is 6.54. The highest BCUT2D eigenvalue weighted by molar-refractivity contribution is 5.85. The highest BCUT2D eigenvalue weighted by atomic mass is 16.5. The van der Waals surface area contributed by atoms with Crippen molar-refractivity contribution in [2.24, 2.45) is 5.92 Å². The van der Waals surface area contributed by atoms with Gasteiger partial charge in [-0.15, -0.1) is 0 Å². The summed E-state index contributed by atoms with van der Waals surface area (Å²) in [6.07, 6.45) is 2.88. The number of ether oxygens (including phenoxy) is 1. The van der Waals surface area contributed by atoms with Gasteiger partial charge in [0.2, 0.25) is 0 Å². The quantitative estimate of drug-likeness (QED) is 0.725. The molecular formula is C23H24N2O2. The first-order chi connectivity index (χ1) is 13.2. The lowest BCUT2D eigenvalue weighted by atomic mass is 9.82. The van der Waals surface area contributed by atoms with E-state index in [9.17, 15) is 4.79 Å². The van der Waals surface area contributed by atoms with Crippen LogP contribution in [0, 0.1) is 5.92 Å². The van der Waals surface area contributed by atoms with Gasteiger partial charge in [-0.2, -0.15) is 0 Å². The maximum atomic E-state index is 12.5. The van der Waals surface area contributed by atoms with E-state index in [1.807, 2.05) is 6.07 Å². The molecule has 1 fully saturated rings. The average Bonchev–Trinajstić information content (AvgIpc) is 3.24. The van der Waals surface area contributed by atoms with Crippen LogP contribution in [0.1, 0.15) is 23.2 Å². The summed E-state index contributed by atoms with van der Waals surface area (Å²) in [7, 11) is 1.50. The topological polar surface area (TPSA) is 45.3 Å². The summed E-state index contributed by atoms with van der Waals surface area (Å²) in [5, 5.41) is 1.34. The molecule has 2 aromatic carbocycles. The third-order valence-electron chi connectivity index (χ3n) is 6.36. The second-order valence-corrected chi connectivity index (χ2v) is 7.80. The molecule has 1 aromatic heterocycles. The monoisotopic (exact) mass is 360 g/mol. The zero-order valence-electron chi connectivity index (χ0n) is 15.5. The van der Waals surface area contributed by atoms with Gasteiger partial charge in [0.15, 0.2) is 0 Å². The van der Waals surface area contributed by atoms with E-state index in [0.717, 1.165) is 25.8 Å². The van der Waals surface area contributed by atoms with Crippen molar-refractivity contribution in [2.75, 3.05) is 7.11 Å². The van der Waals surface area contributed by atoms with Gasteiger partial charge in [0.1, 0.15) is 6.04 Å². The first-order valence-electron chi connectivity index (χ1n) is 9.70. The number of rotatable bonds is 3. The first kappa shape index (κ1) is 16.6. The zero-order chi connectivity index (χ0) is 18.4. The number of H-pyrrole nitrogens is 1. The molecule has 0 spiro atoms. The van der Waals surface area contributed by atoms with Gasteiger partial charge in [-0.25, -0.2) is 0 Å². The minimum atomic E-state index is -0.152. The van der Waals surface area contributed by atoms with Crippen LogP contribution in [-0.4, -0.2) is 35.0 Å². The van der Waals surface area contributed by atoms with Gasteiger partial charge in [-0.05, 0) is 36.0 Å². The third-order valence-corrected chi connectivity index (χ3v) is 6.36. The van der Waals surface area contributed by atoms with Crippen molar-refractivity contribution in [1.29, 1.82) is 0 Å². The van der Waals surface area contributed by atoms with Crippen LogP contribution in [0.25, 0.3) is 10.9 Å². The fourth-order valence-corrected chi connectivity index (χ4v) is 5.11. The second-order valence-electron chi connectivity index (χ2n) is 7.80. The van der Waals surface area contributed by atoms with Crippen LogP contribution >= 0.6 is 0 Å². The Bertz CT molecular complexity index is 978. The average molecular weight is 360 g/mol. The number of nitrogens with one attached hydrogen (secondary N) is 1. The largest absolute Gasteiger partial charge is 0.468 e. The Morgan fingerprint density at radius 3 is 2.70 bits per heavy atom. The van der Waals surface area contributed by atoms with E-state index in [2.05, 4.69) is 58.4 Å². The number of fused-ring (bicyclic) bond motifs is 4. The van der Waals surface area contributed by atoms with E-state index >= 15 is 0 Å². The number of hydrogen-bond acceptors (Lipinski definition) is 3. The number of aromatic amines is 1. The summed E-state index contributed by atoms with van der Waals surface area (Å²) < 4.78 is 5.15. The lowest BCUT2D eigenvalue weighted by Crippen LogP contribution is -2.43. The SMILES string of the molecule is COC(=O)[C@@H]1C[C@@H]2Cc3c([nH]c4ccccc34)C[C@@H]2N1Cc1ccccc1. The van der Waals surface area contributed by atoms with Crippen LogP contribution < -0.4 is 0 Å². The summed E-state index contributed by atoms with van der Waals surface area (Å²) in [6.45, 7) is 0.789. The highest BCUT2D eigenvalue weighted by Crippen LogP contribution is 2.42. The van der Waals surface area contributed by atoms with Gasteiger partial charge < -0.3 is 9.72 Å². The molecule has 4 nitrogen and oxygen atoms in total. The number of para-hydroxylation sites is 1. The summed E-state index contributed by atoms with van der Waals surface area (Å²) in [4.78, 5) is 18.5. The highest BCUT2D eigenvalue weighted by Gasteiger charge is 2.47. The predicted octanol–water partition coefficient (Wildman–Crippen LogP) is 3.70. The van der Waals surface area contributed by atoms with E-state index < -0.39 is 0 Å². The zero-order valence-corrected chi connectivity index (χ0v) is 15.5. The van der Waals surface area contributed by atoms with Crippen LogP contribution in [0.5, 0.6) is 0 Å². The van der Waals surface area contributed by atoms with Crippen molar-refractivity contribution in [2.45, 2.75) is 37.9 Å². The van der Waals surface area contributed by atoms with Crippen molar-refractivity contribution >= 4 is 16.9 Å². The Labute approximate surface area is 159 Å². The number of hydrogen-bond donors (Lipinski definition) is 1. The molecule has 1 saturated heterocycles. The van der Waals surface area contributed by atoms with Crippen LogP contribution in [0.4, 0.5) is 0 Å². The molecule has 2 heterocycles. The van der Waals surface area contributed by atoms with Crippen molar-refractivity contribution in [3.05, 3.63) is 71.4 Å². The maximum absolute atomic E-state index is 12.5. The van der Waals surface area contributed by atoms with Crippen LogP contribution in [0.3, 0.4) is 0 Å². The van der Waals surface area contributed by atoms with Crippen LogP contribution in [0.2, 0.25) is 0 Å². The molecule has 3 atom stereocenters. The van der Waals surface area contributed by atoms with Crippen molar-refractivity contribution in [3.63, 3.8) is 0 Å². The number of aromatic nitrogens is 1. The Morgan fingerprint density at radius 1 is 1.11 bits per heavy atom. The number of likely N-dealkylation sites (tertiary alicyclic amines) is 1. The van der Waals surface area contributed by atoms with Gasteiger partial charge in [-0.1, -0.05) is 48.5 Å². The lowest BCUT2D eigenvalue weighted by molar-refractivity contribution is -0.146. The Morgan fingerprint density at radius 2 is 1.89 bits per heavy atom. The number of carbonyl (C=O) groups is 1. The molecule has 5 rings (SSSR count). The smallest absolute Gasteiger partial charge is 0.323 e. The molecule has 2 aliphatic rings. The number of methoxy groups -OCH3 is 1.